The minimum Gasteiger partial charge on any atom is -0.322 e. The molecule has 102 valence electrons. The van der Waals surface area contributed by atoms with E-state index in [2.05, 4.69) is 14.5 Å². The number of hydrogen-bond donors (Lipinski definition) is 0. The van der Waals surface area contributed by atoms with Crippen LogP contribution in [0.2, 0.25) is 5.02 Å². The third-order valence-electron chi connectivity index (χ3n) is 3.19. The zero-order valence-corrected chi connectivity index (χ0v) is 12.4. The van der Waals surface area contributed by atoms with Crippen molar-refractivity contribution in [2.75, 3.05) is 0 Å². The van der Waals surface area contributed by atoms with Crippen molar-refractivity contribution < 1.29 is 0 Å². The molecule has 1 atom stereocenters. The lowest BCUT2D eigenvalue weighted by molar-refractivity contribution is 0.742. The molecule has 0 aliphatic heterocycles. The fourth-order valence-electron chi connectivity index (χ4n) is 2.24. The summed E-state index contributed by atoms with van der Waals surface area (Å²) in [6, 6.07) is 9.76. The molecule has 0 radical (unpaired) electrons. The van der Waals surface area contributed by atoms with Crippen LogP contribution in [0.5, 0.6) is 0 Å². The summed E-state index contributed by atoms with van der Waals surface area (Å²) in [5.41, 5.74) is 3.06. The molecule has 0 amide bonds. The number of imidazole rings is 1. The minimum atomic E-state index is -0.158. The largest absolute Gasteiger partial charge is 0.322 e. The third kappa shape index (κ3) is 2.51. The average Bonchev–Trinajstić information content (AvgIpc) is 2.81. The Kier molecular flexibility index (Phi) is 3.64. The normalized spacial score (nSPS) is 12.8. The molecule has 1 aromatic carbocycles. The van der Waals surface area contributed by atoms with Crippen LogP contribution in [0.3, 0.4) is 0 Å². The Hall–Kier alpha value is -1.58. The van der Waals surface area contributed by atoms with E-state index in [4.69, 9.17) is 23.2 Å². The van der Waals surface area contributed by atoms with Crippen LogP contribution in [0.25, 0.3) is 11.0 Å². The molecule has 0 bridgehead atoms. The Balaban J connectivity index is 2.09. The molecule has 2 heterocycles. The Morgan fingerprint density at radius 3 is 2.65 bits per heavy atom. The molecule has 3 aromatic rings. The van der Waals surface area contributed by atoms with E-state index in [-0.39, 0.29) is 5.38 Å². The first-order valence-electron chi connectivity index (χ1n) is 6.34. The predicted molar refractivity (Wildman–Crippen MR) is 82.4 cm³/mol. The molecule has 0 saturated heterocycles. The lowest BCUT2D eigenvalue weighted by atomic mass is 10.2. The van der Waals surface area contributed by atoms with Gasteiger partial charge in [0.25, 0.3) is 0 Å². The smallest absolute Gasteiger partial charge is 0.128 e. The Labute approximate surface area is 127 Å². The molecule has 5 heteroatoms. The number of pyridine rings is 1. The van der Waals surface area contributed by atoms with Crippen LogP contribution in [0.15, 0.2) is 42.7 Å². The van der Waals surface area contributed by atoms with E-state index in [1.54, 1.807) is 12.4 Å². The van der Waals surface area contributed by atoms with Crippen LogP contribution in [-0.4, -0.2) is 14.5 Å². The van der Waals surface area contributed by atoms with E-state index < -0.39 is 0 Å². The number of fused-ring (bicyclic) bond motifs is 1. The molecular formula is C15H13Cl2N3. The summed E-state index contributed by atoms with van der Waals surface area (Å²) in [6.07, 6.45) is 3.53. The molecule has 1 unspecified atom stereocenters. The summed E-state index contributed by atoms with van der Waals surface area (Å²) in [7, 11) is 0. The van der Waals surface area contributed by atoms with Crippen LogP contribution in [0, 0.1) is 0 Å². The number of hydrogen-bond acceptors (Lipinski definition) is 2. The van der Waals surface area contributed by atoms with Crippen LogP contribution >= 0.6 is 23.2 Å². The van der Waals surface area contributed by atoms with Gasteiger partial charge in [0.15, 0.2) is 0 Å². The van der Waals surface area contributed by atoms with Crippen LogP contribution in [-0.2, 0) is 6.54 Å². The average molecular weight is 306 g/mol. The first-order valence-corrected chi connectivity index (χ1v) is 7.15. The van der Waals surface area contributed by atoms with Gasteiger partial charge in [-0.1, -0.05) is 23.7 Å². The van der Waals surface area contributed by atoms with Crippen molar-refractivity contribution >= 4 is 34.2 Å². The summed E-state index contributed by atoms with van der Waals surface area (Å²) in [4.78, 5) is 8.68. The highest BCUT2D eigenvalue weighted by atomic mass is 35.5. The highest BCUT2D eigenvalue weighted by Crippen LogP contribution is 2.25. The lowest BCUT2D eigenvalue weighted by Crippen LogP contribution is -2.05. The first kappa shape index (κ1) is 13.4. The van der Waals surface area contributed by atoms with Crippen LogP contribution in [0.4, 0.5) is 0 Å². The summed E-state index contributed by atoms with van der Waals surface area (Å²) >= 11 is 12.2. The topological polar surface area (TPSA) is 30.7 Å². The molecule has 0 aliphatic rings. The standard InChI is InChI=1S/C15H13Cl2N3/c1-10(16)15-19-13-8-18-7-6-14(13)20(15)9-11-2-4-12(17)5-3-11/h2-8,10H,9H2,1H3. The Bertz CT molecular complexity index is 732. The molecule has 0 aliphatic carbocycles. The van der Waals surface area contributed by atoms with E-state index >= 15 is 0 Å². The second kappa shape index (κ2) is 5.43. The molecule has 2 aromatic heterocycles. The van der Waals surface area contributed by atoms with E-state index in [1.807, 2.05) is 37.3 Å². The van der Waals surface area contributed by atoms with Crippen molar-refractivity contribution in [2.24, 2.45) is 0 Å². The maximum Gasteiger partial charge on any atom is 0.128 e. The van der Waals surface area contributed by atoms with Gasteiger partial charge in [-0.15, -0.1) is 11.6 Å². The predicted octanol–water partition coefficient (Wildman–Crippen LogP) is 4.43. The second-order valence-corrected chi connectivity index (χ2v) is 5.75. The van der Waals surface area contributed by atoms with Gasteiger partial charge in [-0.05, 0) is 30.7 Å². The van der Waals surface area contributed by atoms with Gasteiger partial charge in [0, 0.05) is 17.8 Å². The Morgan fingerprint density at radius 2 is 1.95 bits per heavy atom. The molecule has 20 heavy (non-hydrogen) atoms. The second-order valence-electron chi connectivity index (χ2n) is 4.66. The molecule has 0 spiro atoms. The van der Waals surface area contributed by atoms with Crippen molar-refractivity contribution in [3.63, 3.8) is 0 Å². The van der Waals surface area contributed by atoms with Crippen molar-refractivity contribution in [1.82, 2.24) is 14.5 Å². The zero-order valence-electron chi connectivity index (χ0n) is 10.9. The fourth-order valence-corrected chi connectivity index (χ4v) is 2.54. The summed E-state index contributed by atoms with van der Waals surface area (Å²) in [6.45, 7) is 2.64. The van der Waals surface area contributed by atoms with Crippen LogP contribution in [0.1, 0.15) is 23.7 Å². The van der Waals surface area contributed by atoms with Gasteiger partial charge in [0.2, 0.25) is 0 Å². The minimum absolute atomic E-state index is 0.158. The van der Waals surface area contributed by atoms with Gasteiger partial charge < -0.3 is 4.57 Å². The molecule has 0 fully saturated rings. The number of benzene rings is 1. The van der Waals surface area contributed by atoms with E-state index in [0.29, 0.717) is 6.54 Å². The highest BCUT2D eigenvalue weighted by molar-refractivity contribution is 6.30. The number of alkyl halides is 1. The van der Waals surface area contributed by atoms with Gasteiger partial charge in [0.1, 0.15) is 11.3 Å². The molecule has 0 saturated carbocycles. The van der Waals surface area contributed by atoms with Crippen LogP contribution < -0.4 is 0 Å². The highest BCUT2D eigenvalue weighted by Gasteiger charge is 2.15. The summed E-state index contributed by atoms with van der Waals surface area (Å²) < 4.78 is 2.12. The molecule has 0 N–H and O–H groups in total. The maximum atomic E-state index is 6.25. The molecule has 3 rings (SSSR count). The van der Waals surface area contributed by atoms with Gasteiger partial charge in [-0.25, -0.2) is 4.98 Å². The molecule has 3 nitrogen and oxygen atoms in total. The van der Waals surface area contributed by atoms with E-state index in [0.717, 1.165) is 27.4 Å². The quantitative estimate of drug-likeness (QED) is 0.670. The number of halogens is 2. The fraction of sp³-hybridized carbons (Fsp3) is 0.200. The lowest BCUT2D eigenvalue weighted by Gasteiger charge is -2.10. The van der Waals surface area contributed by atoms with Crippen molar-refractivity contribution in [3.8, 4) is 0 Å². The van der Waals surface area contributed by atoms with Gasteiger partial charge in [0.05, 0.1) is 17.1 Å². The van der Waals surface area contributed by atoms with Crippen molar-refractivity contribution in [3.05, 3.63) is 59.1 Å². The Morgan fingerprint density at radius 1 is 1.20 bits per heavy atom. The van der Waals surface area contributed by atoms with Crippen molar-refractivity contribution in [2.45, 2.75) is 18.8 Å². The molecular weight excluding hydrogens is 293 g/mol. The maximum absolute atomic E-state index is 6.25. The summed E-state index contributed by atoms with van der Waals surface area (Å²) in [5.74, 6) is 0.851. The van der Waals surface area contributed by atoms with Gasteiger partial charge in [-0.2, -0.15) is 0 Å². The van der Waals surface area contributed by atoms with Crippen molar-refractivity contribution in [1.29, 1.82) is 0 Å². The van der Waals surface area contributed by atoms with E-state index in [1.165, 1.54) is 0 Å². The number of rotatable bonds is 3. The third-order valence-corrected chi connectivity index (χ3v) is 3.64. The first-order chi connectivity index (χ1) is 9.65. The monoisotopic (exact) mass is 305 g/mol. The SMILES string of the molecule is CC(Cl)c1nc2cnccc2n1Cc1ccc(Cl)cc1. The number of aromatic nitrogens is 3. The van der Waals surface area contributed by atoms with Gasteiger partial charge >= 0.3 is 0 Å². The van der Waals surface area contributed by atoms with Gasteiger partial charge in [-0.3, -0.25) is 4.98 Å². The number of nitrogens with zero attached hydrogens (tertiary/aromatic N) is 3. The van der Waals surface area contributed by atoms with E-state index in [9.17, 15) is 0 Å². The summed E-state index contributed by atoms with van der Waals surface area (Å²) in [5, 5.41) is 0.578. The zero-order chi connectivity index (χ0) is 14.1.